The van der Waals surface area contributed by atoms with Crippen LogP contribution in [-0.4, -0.2) is 44.7 Å². The van der Waals surface area contributed by atoms with Crippen LogP contribution in [0.5, 0.6) is 0 Å². The van der Waals surface area contributed by atoms with Crippen molar-refractivity contribution in [3.63, 3.8) is 0 Å². The first kappa shape index (κ1) is 25.3. The van der Waals surface area contributed by atoms with E-state index in [9.17, 15) is 9.59 Å². The fourth-order valence-corrected chi connectivity index (χ4v) is 4.26. The highest BCUT2D eigenvalue weighted by Gasteiger charge is 2.15. The normalized spacial score (nSPS) is 12.2. The average molecular weight is 488 g/mol. The minimum Gasteiger partial charge on any atom is -0.468 e. The van der Waals surface area contributed by atoms with Crippen molar-refractivity contribution in [1.82, 2.24) is 25.0 Å². The van der Waals surface area contributed by atoms with E-state index in [0.717, 1.165) is 48.3 Å². The molecule has 4 rings (SSSR count). The summed E-state index contributed by atoms with van der Waals surface area (Å²) in [7, 11) is 0. The van der Waals surface area contributed by atoms with Gasteiger partial charge in [0.25, 0.3) is 5.56 Å². The molecule has 1 aromatic carbocycles. The van der Waals surface area contributed by atoms with E-state index in [2.05, 4.69) is 34.1 Å². The molecule has 188 valence electrons. The number of nitrogens with zero attached hydrogens (tertiary/aromatic N) is 4. The van der Waals surface area contributed by atoms with E-state index < -0.39 is 0 Å². The first-order valence-corrected chi connectivity index (χ1v) is 12.5. The first-order valence-electron chi connectivity index (χ1n) is 12.5. The highest BCUT2D eigenvalue weighted by molar-refractivity contribution is 5.84. The smallest absolute Gasteiger partial charge is 0.275 e. The van der Waals surface area contributed by atoms with Crippen LogP contribution >= 0.6 is 0 Å². The van der Waals surface area contributed by atoms with Gasteiger partial charge >= 0.3 is 0 Å². The highest BCUT2D eigenvalue weighted by atomic mass is 16.3. The van der Waals surface area contributed by atoms with E-state index in [1.54, 1.807) is 24.7 Å². The Hall–Kier alpha value is -3.78. The third-order valence-corrected chi connectivity index (χ3v) is 6.43. The van der Waals surface area contributed by atoms with E-state index in [-0.39, 0.29) is 18.0 Å². The van der Waals surface area contributed by atoms with Crippen LogP contribution in [0.25, 0.3) is 10.8 Å². The molecule has 1 N–H and O–H groups in total. The lowest BCUT2D eigenvalue weighted by molar-refractivity contribution is -0.121. The Morgan fingerprint density at radius 3 is 2.69 bits per heavy atom. The number of fused-ring (bicyclic) bond motifs is 1. The zero-order valence-electron chi connectivity index (χ0n) is 20.9. The van der Waals surface area contributed by atoms with Gasteiger partial charge in [0.2, 0.25) is 5.91 Å². The van der Waals surface area contributed by atoms with Crippen LogP contribution in [0.1, 0.15) is 43.7 Å². The molecule has 0 radical (unpaired) electrons. The largest absolute Gasteiger partial charge is 0.468 e. The van der Waals surface area contributed by atoms with Crippen molar-refractivity contribution in [2.45, 2.75) is 52.2 Å². The van der Waals surface area contributed by atoms with Crippen LogP contribution in [0.4, 0.5) is 0 Å². The zero-order valence-corrected chi connectivity index (χ0v) is 20.9. The second-order valence-corrected chi connectivity index (χ2v) is 9.00. The Morgan fingerprint density at radius 1 is 1.14 bits per heavy atom. The molecule has 36 heavy (non-hydrogen) atoms. The number of aromatic nitrogens is 3. The summed E-state index contributed by atoms with van der Waals surface area (Å²) >= 11 is 0. The van der Waals surface area contributed by atoms with Gasteiger partial charge in [-0.25, -0.2) is 4.68 Å². The minimum atomic E-state index is -0.267. The molecule has 0 aliphatic rings. The Balaban J connectivity index is 1.39. The molecule has 0 fully saturated rings. The molecule has 0 saturated carbocycles. The summed E-state index contributed by atoms with van der Waals surface area (Å²) in [5.74, 6) is 0.705. The highest BCUT2D eigenvalue weighted by Crippen LogP contribution is 2.16. The molecular formula is C28H33N5O3. The maximum absolute atomic E-state index is 13.0. The summed E-state index contributed by atoms with van der Waals surface area (Å²) in [5, 5.41) is 8.87. The topological polar surface area (TPSA) is 93.3 Å². The summed E-state index contributed by atoms with van der Waals surface area (Å²) in [6, 6.07) is 15.5. The monoisotopic (exact) mass is 487 g/mol. The third kappa shape index (κ3) is 6.46. The fourth-order valence-electron chi connectivity index (χ4n) is 4.26. The lowest BCUT2D eigenvalue weighted by Crippen LogP contribution is -2.37. The van der Waals surface area contributed by atoms with Crippen molar-refractivity contribution in [1.29, 1.82) is 0 Å². The number of amides is 1. The standard InChI is InChI=1S/C28H33N5O3/c1-3-21(2)32(19-23-10-7-16-36-23)15-8-14-30-27(34)20-33-28(35)25-12-5-4-11-24(25)26(31-33)17-22-9-6-13-29-18-22/h4-7,9-13,16,18,21H,3,8,14-15,17,19-20H2,1-2H3,(H,30,34)/t21-/m1/s1. The molecule has 3 heterocycles. The van der Waals surface area contributed by atoms with E-state index in [1.165, 1.54) is 4.68 Å². The minimum absolute atomic E-state index is 0.120. The fraction of sp³-hybridized carbons (Fsp3) is 0.357. The third-order valence-electron chi connectivity index (χ3n) is 6.43. The van der Waals surface area contributed by atoms with Crippen LogP contribution in [0.15, 0.2) is 76.4 Å². The SMILES string of the molecule is CC[C@@H](C)N(CCCNC(=O)Cn1nc(Cc2cccnc2)c2ccccc2c1=O)Cc1ccco1. The predicted molar refractivity (Wildman–Crippen MR) is 140 cm³/mol. The number of hydrogen-bond acceptors (Lipinski definition) is 6. The van der Waals surface area contributed by atoms with E-state index in [0.29, 0.717) is 24.4 Å². The van der Waals surface area contributed by atoms with Crippen molar-refractivity contribution < 1.29 is 9.21 Å². The summed E-state index contributed by atoms with van der Waals surface area (Å²) in [6.07, 6.45) is 7.55. The van der Waals surface area contributed by atoms with Gasteiger partial charge in [-0.1, -0.05) is 31.2 Å². The van der Waals surface area contributed by atoms with Gasteiger partial charge in [0.15, 0.2) is 0 Å². The number of nitrogens with one attached hydrogen (secondary N) is 1. The van der Waals surface area contributed by atoms with Crippen molar-refractivity contribution >= 4 is 16.7 Å². The molecule has 1 atom stereocenters. The second-order valence-electron chi connectivity index (χ2n) is 9.00. The maximum atomic E-state index is 13.0. The number of hydrogen-bond donors (Lipinski definition) is 1. The molecule has 8 nitrogen and oxygen atoms in total. The van der Waals surface area contributed by atoms with E-state index in [4.69, 9.17) is 4.42 Å². The Morgan fingerprint density at radius 2 is 1.97 bits per heavy atom. The number of benzene rings is 1. The molecule has 0 spiro atoms. The molecular weight excluding hydrogens is 454 g/mol. The quantitative estimate of drug-likeness (QED) is 0.306. The van der Waals surface area contributed by atoms with Crippen molar-refractivity contribution in [2.75, 3.05) is 13.1 Å². The van der Waals surface area contributed by atoms with Gasteiger partial charge in [-0.05, 0) is 49.6 Å². The van der Waals surface area contributed by atoms with Gasteiger partial charge in [-0.2, -0.15) is 5.10 Å². The van der Waals surface area contributed by atoms with Crippen LogP contribution in [-0.2, 0) is 24.3 Å². The molecule has 8 heteroatoms. The average Bonchev–Trinajstić information content (AvgIpc) is 3.42. The molecule has 3 aromatic heterocycles. The Labute approximate surface area is 211 Å². The summed E-state index contributed by atoms with van der Waals surface area (Å²) in [4.78, 5) is 32.3. The molecule has 0 bridgehead atoms. The van der Waals surface area contributed by atoms with Crippen LogP contribution in [0, 0.1) is 0 Å². The first-order chi connectivity index (χ1) is 17.5. The van der Waals surface area contributed by atoms with Gasteiger partial charge in [0.1, 0.15) is 12.3 Å². The summed E-state index contributed by atoms with van der Waals surface area (Å²) in [5.41, 5.74) is 1.47. The predicted octanol–water partition coefficient (Wildman–Crippen LogP) is 3.78. The van der Waals surface area contributed by atoms with E-state index in [1.807, 2.05) is 42.5 Å². The van der Waals surface area contributed by atoms with Crippen LogP contribution in [0.3, 0.4) is 0 Å². The van der Waals surface area contributed by atoms with Crippen molar-refractivity contribution in [2.24, 2.45) is 0 Å². The van der Waals surface area contributed by atoms with Gasteiger partial charge < -0.3 is 9.73 Å². The van der Waals surface area contributed by atoms with Gasteiger partial charge in [0, 0.05) is 43.3 Å². The van der Waals surface area contributed by atoms with Crippen molar-refractivity contribution in [3.05, 3.63) is 94.6 Å². The lowest BCUT2D eigenvalue weighted by Gasteiger charge is -2.27. The Kier molecular flexibility index (Phi) is 8.62. The summed E-state index contributed by atoms with van der Waals surface area (Å²) < 4.78 is 6.77. The number of rotatable bonds is 12. The molecule has 0 aliphatic carbocycles. The molecule has 0 saturated heterocycles. The molecule has 0 unspecified atom stereocenters. The summed E-state index contributed by atoms with van der Waals surface area (Å²) in [6.45, 7) is 6.34. The van der Waals surface area contributed by atoms with Gasteiger partial charge in [-0.3, -0.25) is 19.5 Å². The van der Waals surface area contributed by atoms with Crippen molar-refractivity contribution in [3.8, 4) is 0 Å². The van der Waals surface area contributed by atoms with Gasteiger partial charge in [-0.15, -0.1) is 0 Å². The van der Waals surface area contributed by atoms with Gasteiger partial charge in [0.05, 0.1) is 23.9 Å². The Bertz CT molecular complexity index is 1320. The number of carbonyl (C=O) groups is 1. The molecule has 4 aromatic rings. The maximum Gasteiger partial charge on any atom is 0.275 e. The van der Waals surface area contributed by atoms with Crippen LogP contribution in [0.2, 0.25) is 0 Å². The van der Waals surface area contributed by atoms with Crippen LogP contribution < -0.4 is 10.9 Å². The molecule has 1 amide bonds. The second kappa shape index (κ2) is 12.3. The number of furan rings is 1. The number of pyridine rings is 1. The zero-order chi connectivity index (χ0) is 25.3. The molecule has 0 aliphatic heterocycles. The lowest BCUT2D eigenvalue weighted by atomic mass is 10.1. The van der Waals surface area contributed by atoms with E-state index >= 15 is 0 Å². The number of carbonyl (C=O) groups excluding carboxylic acids is 1.